The second-order valence-electron chi connectivity index (χ2n) is 6.39. The van der Waals surface area contributed by atoms with E-state index in [1.54, 1.807) is 0 Å². The Labute approximate surface area is 157 Å². The van der Waals surface area contributed by atoms with Crippen molar-refractivity contribution in [2.75, 3.05) is 26.3 Å². The van der Waals surface area contributed by atoms with Crippen LogP contribution >= 0.6 is 0 Å². The molecule has 0 N–H and O–H groups in total. The number of ketones is 1. The van der Waals surface area contributed by atoms with Crippen molar-refractivity contribution in [1.29, 1.82) is 0 Å². The van der Waals surface area contributed by atoms with Gasteiger partial charge in [0.15, 0.2) is 5.78 Å². The number of carbonyl (C=O) groups is 2. The number of hydrogen-bond acceptors (Lipinski definition) is 7. The van der Waals surface area contributed by atoms with Gasteiger partial charge in [0.2, 0.25) is 0 Å². The van der Waals surface area contributed by atoms with E-state index in [4.69, 9.17) is 4.74 Å². The Kier molecular flexibility index (Phi) is 4.12. The van der Waals surface area contributed by atoms with Crippen LogP contribution in [-0.2, 0) is 4.74 Å². The van der Waals surface area contributed by atoms with Crippen molar-refractivity contribution in [3.05, 3.63) is 67.3 Å². The molecule has 2 aromatic carbocycles. The molecule has 0 bridgehead atoms. The Morgan fingerprint density at radius 3 is 2.21 bits per heavy atom. The largest absolute Gasteiger partial charge is 0.378 e. The summed E-state index contributed by atoms with van der Waals surface area (Å²) in [7, 11) is 0. The third-order valence-corrected chi connectivity index (χ3v) is 4.84. The van der Waals surface area contributed by atoms with Crippen molar-refractivity contribution in [3.8, 4) is 11.1 Å². The summed E-state index contributed by atoms with van der Waals surface area (Å²) in [6.07, 6.45) is 0. The summed E-state index contributed by atoms with van der Waals surface area (Å²) >= 11 is 0. The van der Waals surface area contributed by atoms with Gasteiger partial charge in [0.1, 0.15) is 0 Å². The fraction of sp³-hybridized carbons (Fsp3) is 0.222. The summed E-state index contributed by atoms with van der Waals surface area (Å²) < 4.78 is 5.23. The zero-order chi connectivity index (χ0) is 20.0. The van der Waals surface area contributed by atoms with Crippen LogP contribution in [0.4, 0.5) is 11.4 Å². The molecule has 0 atom stereocenters. The van der Waals surface area contributed by atoms with Gasteiger partial charge in [0.25, 0.3) is 17.3 Å². The van der Waals surface area contributed by atoms with Crippen molar-refractivity contribution in [1.82, 2.24) is 4.90 Å². The van der Waals surface area contributed by atoms with Gasteiger partial charge >= 0.3 is 0 Å². The predicted molar refractivity (Wildman–Crippen MR) is 95.3 cm³/mol. The van der Waals surface area contributed by atoms with Gasteiger partial charge < -0.3 is 9.64 Å². The SMILES string of the molecule is O=C1c2cc([N+](=O)[O-])ccc2-c2c1cc([N+](=O)[O-])cc2C(=O)N1CCOCC1. The molecular weight excluding hydrogens is 370 g/mol. The van der Waals surface area contributed by atoms with Crippen LogP contribution in [0.2, 0.25) is 0 Å². The van der Waals surface area contributed by atoms with Crippen LogP contribution in [-0.4, -0.2) is 52.7 Å². The van der Waals surface area contributed by atoms with Crippen LogP contribution in [0.15, 0.2) is 30.3 Å². The molecule has 4 rings (SSSR count). The van der Waals surface area contributed by atoms with E-state index in [2.05, 4.69) is 0 Å². The molecule has 2 aliphatic rings. The predicted octanol–water partition coefficient (Wildman–Crippen LogP) is 2.19. The summed E-state index contributed by atoms with van der Waals surface area (Å²) in [6.45, 7) is 1.36. The highest BCUT2D eigenvalue weighted by atomic mass is 16.6. The quantitative estimate of drug-likeness (QED) is 0.500. The van der Waals surface area contributed by atoms with E-state index >= 15 is 0 Å². The van der Waals surface area contributed by atoms with Gasteiger partial charge in [-0.3, -0.25) is 29.8 Å². The monoisotopic (exact) mass is 383 g/mol. The van der Waals surface area contributed by atoms with Crippen molar-refractivity contribution in [2.24, 2.45) is 0 Å². The van der Waals surface area contributed by atoms with Crippen LogP contribution < -0.4 is 0 Å². The van der Waals surface area contributed by atoms with E-state index in [9.17, 15) is 29.8 Å². The first-order chi connectivity index (χ1) is 13.4. The number of nitro benzene ring substituents is 2. The van der Waals surface area contributed by atoms with E-state index in [0.717, 1.165) is 18.2 Å². The van der Waals surface area contributed by atoms with Crippen LogP contribution in [0.5, 0.6) is 0 Å². The molecule has 0 aromatic heterocycles. The van der Waals surface area contributed by atoms with Gasteiger partial charge in [-0.2, -0.15) is 0 Å². The molecule has 10 heteroatoms. The number of amides is 1. The minimum atomic E-state index is -0.672. The minimum Gasteiger partial charge on any atom is -0.378 e. The standard InChI is InChI=1S/C18H13N3O7/c22-17-13-7-10(20(24)25)1-2-12(13)16-14(17)8-11(21(26)27)9-15(16)18(23)19-3-5-28-6-4-19/h1-2,7-9H,3-6H2. The first-order valence-electron chi connectivity index (χ1n) is 8.41. The Bertz CT molecular complexity index is 1060. The second kappa shape index (κ2) is 6.50. The third-order valence-electron chi connectivity index (χ3n) is 4.84. The van der Waals surface area contributed by atoms with E-state index in [1.165, 1.54) is 17.0 Å². The lowest BCUT2D eigenvalue weighted by Crippen LogP contribution is -2.40. The maximum atomic E-state index is 13.1. The summed E-state index contributed by atoms with van der Waals surface area (Å²) in [5.74, 6) is -1.02. The molecule has 0 unspecified atom stereocenters. The number of ether oxygens (including phenoxy) is 1. The number of non-ortho nitro benzene ring substituents is 2. The summed E-state index contributed by atoms with van der Waals surface area (Å²) in [5.41, 5.74) is 0.0738. The molecule has 2 aromatic rings. The number of benzene rings is 2. The van der Waals surface area contributed by atoms with E-state index in [1.807, 2.05) is 0 Å². The molecule has 1 amide bonds. The first-order valence-corrected chi connectivity index (χ1v) is 8.41. The highest BCUT2D eigenvalue weighted by Gasteiger charge is 2.36. The topological polar surface area (TPSA) is 133 Å². The molecule has 0 radical (unpaired) electrons. The molecule has 1 heterocycles. The normalized spacial score (nSPS) is 15.1. The molecular formula is C18H13N3O7. The minimum absolute atomic E-state index is 0.00121. The number of carbonyl (C=O) groups excluding carboxylic acids is 2. The average Bonchev–Trinajstić information content (AvgIpc) is 2.99. The van der Waals surface area contributed by atoms with Crippen molar-refractivity contribution < 1.29 is 24.2 Å². The summed E-state index contributed by atoms with van der Waals surface area (Å²) in [5, 5.41) is 22.4. The Morgan fingerprint density at radius 2 is 1.57 bits per heavy atom. The number of morpholine rings is 1. The van der Waals surface area contributed by atoms with E-state index < -0.39 is 21.5 Å². The molecule has 1 aliphatic heterocycles. The lowest BCUT2D eigenvalue weighted by Gasteiger charge is -2.27. The fourth-order valence-electron chi connectivity index (χ4n) is 3.50. The maximum Gasteiger partial charge on any atom is 0.271 e. The zero-order valence-electron chi connectivity index (χ0n) is 14.4. The molecule has 1 fully saturated rings. The number of nitro groups is 2. The van der Waals surface area contributed by atoms with Crippen LogP contribution in [0.1, 0.15) is 26.3 Å². The number of nitrogens with zero attached hydrogens (tertiary/aromatic N) is 3. The zero-order valence-corrected chi connectivity index (χ0v) is 14.4. The highest BCUT2D eigenvalue weighted by Crippen LogP contribution is 2.42. The van der Waals surface area contributed by atoms with Crippen LogP contribution in [0.25, 0.3) is 11.1 Å². The van der Waals surface area contributed by atoms with Gasteiger partial charge in [-0.15, -0.1) is 0 Å². The van der Waals surface area contributed by atoms with Crippen molar-refractivity contribution >= 4 is 23.1 Å². The highest BCUT2D eigenvalue weighted by molar-refractivity contribution is 6.25. The molecule has 10 nitrogen and oxygen atoms in total. The van der Waals surface area contributed by atoms with Gasteiger partial charge in [-0.05, 0) is 11.6 Å². The summed E-state index contributed by atoms with van der Waals surface area (Å²) in [6, 6.07) is 6.04. The van der Waals surface area contributed by atoms with Gasteiger partial charge in [-0.1, -0.05) is 0 Å². The Balaban J connectivity index is 1.92. The molecule has 142 valence electrons. The van der Waals surface area contributed by atoms with Crippen molar-refractivity contribution in [3.63, 3.8) is 0 Å². The maximum absolute atomic E-state index is 13.1. The molecule has 1 aliphatic carbocycles. The smallest absolute Gasteiger partial charge is 0.271 e. The lowest BCUT2D eigenvalue weighted by atomic mass is 9.97. The average molecular weight is 383 g/mol. The molecule has 0 spiro atoms. The van der Waals surface area contributed by atoms with Crippen LogP contribution in [0.3, 0.4) is 0 Å². The number of hydrogen-bond donors (Lipinski definition) is 0. The summed E-state index contributed by atoms with van der Waals surface area (Å²) in [4.78, 5) is 48.4. The van der Waals surface area contributed by atoms with Gasteiger partial charge in [0, 0.05) is 54.0 Å². The van der Waals surface area contributed by atoms with Gasteiger partial charge in [-0.25, -0.2) is 0 Å². The van der Waals surface area contributed by atoms with Crippen molar-refractivity contribution in [2.45, 2.75) is 0 Å². The number of rotatable bonds is 3. The lowest BCUT2D eigenvalue weighted by molar-refractivity contribution is -0.385. The Morgan fingerprint density at radius 1 is 0.929 bits per heavy atom. The molecule has 0 saturated carbocycles. The third kappa shape index (κ3) is 2.70. The fourth-order valence-corrected chi connectivity index (χ4v) is 3.50. The van der Waals surface area contributed by atoms with E-state index in [0.29, 0.717) is 31.9 Å². The molecule has 28 heavy (non-hydrogen) atoms. The van der Waals surface area contributed by atoms with Gasteiger partial charge in [0.05, 0.1) is 28.6 Å². The van der Waals surface area contributed by atoms with E-state index in [-0.39, 0.29) is 33.6 Å². The second-order valence-corrected chi connectivity index (χ2v) is 6.39. The van der Waals surface area contributed by atoms with Crippen LogP contribution in [0, 0.1) is 20.2 Å². The number of fused-ring (bicyclic) bond motifs is 3. The Hall–Kier alpha value is -3.66. The first kappa shape index (κ1) is 17.7. The molecule has 1 saturated heterocycles.